The highest BCUT2D eigenvalue weighted by molar-refractivity contribution is 7.47. The standard InChI is InChI=1S/C49H84NO7P/c1-6-8-10-12-14-16-18-20-22-24-25-26-28-30-32-34-36-38-40-42-49(51)57-48(47-56-58(52,53)55-45-43-50(3,4)5)46-54-44-41-39-37-35-33-31-29-27-23-21-19-17-15-13-11-9-7-2/h8,10,14,16-17,19-20,22-23,25-27,30,32,36,38,48H,6-7,9,11-13,15,18,21,24,28-29,31,33-35,37,39-47H2,1-5H3/p+1/b10-8-,16-14-,19-17-,22-20-,26-25-,27-23-,32-30-,38-36-. The molecular weight excluding hydrogens is 746 g/mol. The Balaban J connectivity index is 4.41. The van der Waals surface area contributed by atoms with E-state index >= 15 is 0 Å². The Labute approximate surface area is 356 Å². The van der Waals surface area contributed by atoms with Gasteiger partial charge >= 0.3 is 13.8 Å². The highest BCUT2D eigenvalue weighted by Crippen LogP contribution is 2.43. The third kappa shape index (κ3) is 44.5. The van der Waals surface area contributed by atoms with E-state index in [2.05, 4.69) is 98.9 Å². The Morgan fingerprint density at radius 2 is 1.00 bits per heavy atom. The molecule has 0 saturated carbocycles. The van der Waals surface area contributed by atoms with Crippen LogP contribution in [-0.4, -0.2) is 75.6 Å². The molecule has 2 atom stereocenters. The second-order valence-electron chi connectivity index (χ2n) is 15.7. The number of nitrogens with zero attached hydrogens (tertiary/aromatic N) is 1. The molecular formula is C49H85NO7P+. The minimum atomic E-state index is -4.31. The van der Waals surface area contributed by atoms with Crippen LogP contribution >= 0.6 is 7.82 Å². The summed E-state index contributed by atoms with van der Waals surface area (Å²) in [4.78, 5) is 22.9. The van der Waals surface area contributed by atoms with Crippen LogP contribution in [0.3, 0.4) is 0 Å². The predicted molar refractivity (Wildman–Crippen MR) is 247 cm³/mol. The monoisotopic (exact) mass is 831 g/mol. The number of carbonyl (C=O) groups is 1. The minimum Gasteiger partial charge on any atom is -0.457 e. The van der Waals surface area contributed by atoms with E-state index in [0.29, 0.717) is 24.1 Å². The number of hydrogen-bond donors (Lipinski definition) is 1. The zero-order chi connectivity index (χ0) is 42.7. The van der Waals surface area contributed by atoms with Gasteiger partial charge in [0.15, 0.2) is 0 Å². The van der Waals surface area contributed by atoms with Crippen LogP contribution in [0.1, 0.15) is 149 Å². The summed E-state index contributed by atoms with van der Waals surface area (Å²) in [6.45, 7) is 5.33. The van der Waals surface area contributed by atoms with Crippen LogP contribution in [0.25, 0.3) is 0 Å². The predicted octanol–water partition coefficient (Wildman–Crippen LogP) is 13.4. The van der Waals surface area contributed by atoms with Crippen molar-refractivity contribution in [2.24, 2.45) is 0 Å². The van der Waals surface area contributed by atoms with Crippen molar-refractivity contribution < 1.29 is 37.3 Å². The lowest BCUT2D eigenvalue weighted by Gasteiger charge is -2.24. The topological polar surface area (TPSA) is 91.3 Å². The van der Waals surface area contributed by atoms with E-state index in [1.54, 1.807) is 0 Å². The molecule has 8 nitrogen and oxygen atoms in total. The van der Waals surface area contributed by atoms with Gasteiger partial charge in [0.2, 0.25) is 0 Å². The average molecular weight is 831 g/mol. The summed E-state index contributed by atoms with van der Waals surface area (Å²) in [6.07, 6.45) is 56.0. The number of esters is 1. The number of phosphoric acid groups is 1. The Hall–Kier alpha value is -2.58. The van der Waals surface area contributed by atoms with E-state index in [-0.39, 0.29) is 26.2 Å². The second kappa shape index (κ2) is 41.2. The Morgan fingerprint density at radius 1 is 0.552 bits per heavy atom. The van der Waals surface area contributed by atoms with Gasteiger partial charge in [-0.25, -0.2) is 4.57 Å². The third-order valence-electron chi connectivity index (χ3n) is 8.89. The minimum absolute atomic E-state index is 0.0673. The SMILES string of the molecule is CC/C=C\C/C=C\C/C=C\C/C=C\C/C=C\C/C=C\CCC(=O)OC(COCCCCCCCC/C=C\C/C=C\CCCCCC)COP(=O)(O)OCC[N+](C)(C)C. The lowest BCUT2D eigenvalue weighted by atomic mass is 10.1. The van der Waals surface area contributed by atoms with Crippen molar-refractivity contribution in [3.05, 3.63) is 97.2 Å². The van der Waals surface area contributed by atoms with Crippen molar-refractivity contribution in [2.75, 3.05) is 54.1 Å². The van der Waals surface area contributed by atoms with Gasteiger partial charge in [0.05, 0.1) is 34.4 Å². The molecule has 0 aliphatic carbocycles. The van der Waals surface area contributed by atoms with Gasteiger partial charge in [-0.05, 0) is 83.5 Å². The number of ether oxygens (including phenoxy) is 2. The second-order valence-corrected chi connectivity index (χ2v) is 17.1. The van der Waals surface area contributed by atoms with Crippen molar-refractivity contribution in [1.82, 2.24) is 0 Å². The molecule has 0 aromatic heterocycles. The summed E-state index contributed by atoms with van der Waals surface area (Å²) in [5.41, 5.74) is 0. The van der Waals surface area contributed by atoms with Crippen LogP contribution in [0.5, 0.6) is 0 Å². The van der Waals surface area contributed by atoms with Crippen LogP contribution < -0.4 is 0 Å². The smallest absolute Gasteiger partial charge is 0.457 e. The van der Waals surface area contributed by atoms with E-state index in [1.807, 2.05) is 33.3 Å². The van der Waals surface area contributed by atoms with Gasteiger partial charge in [0.1, 0.15) is 19.3 Å². The highest BCUT2D eigenvalue weighted by atomic mass is 31.2. The van der Waals surface area contributed by atoms with Gasteiger partial charge < -0.3 is 18.9 Å². The first-order valence-electron chi connectivity index (χ1n) is 22.5. The fraction of sp³-hybridized carbons (Fsp3) is 0.653. The van der Waals surface area contributed by atoms with Gasteiger partial charge in [-0.1, -0.05) is 156 Å². The molecule has 0 aromatic carbocycles. The number of quaternary nitrogens is 1. The normalized spacial score (nSPS) is 14.7. The summed E-state index contributed by atoms with van der Waals surface area (Å²) in [7, 11) is 1.60. The first-order chi connectivity index (χ1) is 28.1. The van der Waals surface area contributed by atoms with Crippen molar-refractivity contribution in [3.63, 3.8) is 0 Å². The highest BCUT2D eigenvalue weighted by Gasteiger charge is 2.26. The van der Waals surface area contributed by atoms with E-state index in [0.717, 1.165) is 70.6 Å². The number of rotatable bonds is 40. The fourth-order valence-corrected chi connectivity index (χ4v) is 6.17. The lowest BCUT2D eigenvalue weighted by Crippen LogP contribution is -2.37. The molecule has 0 aromatic rings. The number of hydrogen-bond acceptors (Lipinski definition) is 6. The molecule has 0 radical (unpaired) electrons. The van der Waals surface area contributed by atoms with Gasteiger partial charge in [-0.3, -0.25) is 13.8 Å². The van der Waals surface area contributed by atoms with Crippen LogP contribution in [0.2, 0.25) is 0 Å². The maximum Gasteiger partial charge on any atom is 0.472 e. The number of unbranched alkanes of at least 4 members (excludes halogenated alkanes) is 10. The summed E-state index contributed by atoms with van der Waals surface area (Å²) < 4.78 is 34.9. The molecule has 0 aliphatic rings. The van der Waals surface area contributed by atoms with Crippen LogP contribution in [0.4, 0.5) is 0 Å². The third-order valence-corrected chi connectivity index (χ3v) is 9.88. The molecule has 9 heteroatoms. The number of allylic oxidation sites excluding steroid dienone is 16. The van der Waals surface area contributed by atoms with Crippen molar-refractivity contribution >= 4 is 13.8 Å². The Bertz CT molecular complexity index is 1240. The molecule has 2 unspecified atom stereocenters. The average Bonchev–Trinajstić information content (AvgIpc) is 3.18. The zero-order valence-corrected chi connectivity index (χ0v) is 38.4. The van der Waals surface area contributed by atoms with Gasteiger partial charge in [0, 0.05) is 13.0 Å². The maximum atomic E-state index is 12.7. The van der Waals surface area contributed by atoms with E-state index in [4.69, 9.17) is 18.5 Å². The molecule has 332 valence electrons. The molecule has 0 saturated heterocycles. The molecule has 0 aliphatic heterocycles. The molecule has 58 heavy (non-hydrogen) atoms. The molecule has 1 N–H and O–H groups in total. The van der Waals surface area contributed by atoms with Crippen molar-refractivity contribution in [3.8, 4) is 0 Å². The summed E-state index contributed by atoms with van der Waals surface area (Å²) in [5.74, 6) is -0.403. The first-order valence-corrected chi connectivity index (χ1v) is 24.0. The molecule has 0 fully saturated rings. The Morgan fingerprint density at radius 3 is 1.50 bits per heavy atom. The zero-order valence-electron chi connectivity index (χ0n) is 37.5. The maximum absolute atomic E-state index is 12.7. The van der Waals surface area contributed by atoms with Gasteiger partial charge in [-0.15, -0.1) is 0 Å². The summed E-state index contributed by atoms with van der Waals surface area (Å²) >= 11 is 0. The molecule has 0 spiro atoms. The molecule has 0 rings (SSSR count). The van der Waals surface area contributed by atoms with E-state index in [9.17, 15) is 14.3 Å². The number of phosphoric ester groups is 1. The van der Waals surface area contributed by atoms with E-state index in [1.165, 1.54) is 51.4 Å². The molecule has 0 amide bonds. The summed E-state index contributed by atoms with van der Waals surface area (Å²) in [5, 5.41) is 0. The molecule has 0 heterocycles. The first kappa shape index (κ1) is 55.4. The van der Waals surface area contributed by atoms with Crippen molar-refractivity contribution in [2.45, 2.75) is 155 Å². The van der Waals surface area contributed by atoms with Crippen LogP contribution in [0.15, 0.2) is 97.2 Å². The lowest BCUT2D eigenvalue weighted by molar-refractivity contribution is -0.870. The fourth-order valence-electron chi connectivity index (χ4n) is 5.43. The largest absolute Gasteiger partial charge is 0.472 e. The van der Waals surface area contributed by atoms with Crippen LogP contribution in [-0.2, 0) is 27.9 Å². The van der Waals surface area contributed by atoms with Gasteiger partial charge in [-0.2, -0.15) is 0 Å². The van der Waals surface area contributed by atoms with Gasteiger partial charge in [0.25, 0.3) is 0 Å². The number of carbonyl (C=O) groups excluding carboxylic acids is 1. The van der Waals surface area contributed by atoms with E-state index < -0.39 is 19.9 Å². The Kier molecular flexibility index (Phi) is 39.3. The van der Waals surface area contributed by atoms with Crippen LogP contribution in [0, 0.1) is 0 Å². The summed E-state index contributed by atoms with van der Waals surface area (Å²) in [6, 6.07) is 0. The number of likely N-dealkylation sites (N-methyl/N-ethyl adjacent to an activating group) is 1. The van der Waals surface area contributed by atoms with Crippen molar-refractivity contribution in [1.29, 1.82) is 0 Å². The molecule has 0 bridgehead atoms. The quantitative estimate of drug-likeness (QED) is 0.0216.